The highest BCUT2D eigenvalue weighted by atomic mass is 35.5. The number of para-hydroxylation sites is 1. The third-order valence-electron chi connectivity index (χ3n) is 4.59. The largest absolute Gasteiger partial charge is 0.493 e. The van der Waals surface area contributed by atoms with Crippen molar-refractivity contribution >= 4 is 39.9 Å². The lowest BCUT2D eigenvalue weighted by molar-refractivity contribution is 0.262. The van der Waals surface area contributed by atoms with Crippen molar-refractivity contribution in [2.45, 2.75) is 6.92 Å². The Balaban J connectivity index is 1.64. The molecule has 2 N–H and O–H groups in total. The number of urea groups is 1. The number of pyridine rings is 1. The minimum absolute atomic E-state index is 0.102. The Morgan fingerprint density at radius 1 is 1.03 bits per heavy atom. The second-order valence-electron chi connectivity index (χ2n) is 6.74. The van der Waals surface area contributed by atoms with Gasteiger partial charge in [0.1, 0.15) is 11.6 Å². The molecule has 0 unspecified atom stereocenters. The molecule has 5 nitrogen and oxygen atoms in total. The maximum Gasteiger partial charge on any atom is 0.323 e. The smallest absolute Gasteiger partial charge is 0.323 e. The second-order valence-corrected chi connectivity index (χ2v) is 7.17. The molecule has 7 heteroatoms. The molecule has 0 aliphatic rings. The molecule has 3 aromatic carbocycles. The van der Waals surface area contributed by atoms with Crippen molar-refractivity contribution in [3.8, 4) is 17.0 Å². The number of benzene rings is 3. The van der Waals surface area contributed by atoms with Crippen LogP contribution in [0.3, 0.4) is 0 Å². The van der Waals surface area contributed by atoms with Gasteiger partial charge in [-0.25, -0.2) is 14.2 Å². The van der Waals surface area contributed by atoms with Crippen LogP contribution in [0.2, 0.25) is 5.02 Å². The van der Waals surface area contributed by atoms with E-state index in [0.717, 1.165) is 22.2 Å². The van der Waals surface area contributed by atoms with Crippen LogP contribution in [-0.4, -0.2) is 17.6 Å². The van der Waals surface area contributed by atoms with E-state index in [1.54, 1.807) is 30.3 Å². The van der Waals surface area contributed by atoms with Gasteiger partial charge in [0.25, 0.3) is 0 Å². The van der Waals surface area contributed by atoms with Gasteiger partial charge in [0.05, 0.1) is 23.5 Å². The van der Waals surface area contributed by atoms with Crippen molar-refractivity contribution in [3.63, 3.8) is 0 Å². The quantitative estimate of drug-likeness (QED) is 0.365. The van der Waals surface area contributed by atoms with Gasteiger partial charge in [0, 0.05) is 27.7 Å². The van der Waals surface area contributed by atoms with E-state index in [-0.39, 0.29) is 5.69 Å². The lowest BCUT2D eigenvalue weighted by atomic mass is 10.1. The minimum Gasteiger partial charge on any atom is -0.493 e. The molecule has 31 heavy (non-hydrogen) atoms. The summed E-state index contributed by atoms with van der Waals surface area (Å²) >= 11 is 5.99. The van der Waals surface area contributed by atoms with Crippen molar-refractivity contribution in [1.29, 1.82) is 0 Å². The van der Waals surface area contributed by atoms with Gasteiger partial charge in [0.15, 0.2) is 0 Å². The number of nitrogens with one attached hydrogen (secondary N) is 2. The Morgan fingerprint density at radius 3 is 2.55 bits per heavy atom. The number of hydrogen-bond acceptors (Lipinski definition) is 3. The van der Waals surface area contributed by atoms with Gasteiger partial charge >= 0.3 is 6.03 Å². The predicted octanol–water partition coefficient (Wildman–Crippen LogP) is 6.74. The first-order chi connectivity index (χ1) is 15.0. The molecular formula is C24H19ClFN3O2. The lowest BCUT2D eigenvalue weighted by Crippen LogP contribution is -2.20. The summed E-state index contributed by atoms with van der Waals surface area (Å²) in [7, 11) is 0. The fraction of sp³-hybridized carbons (Fsp3) is 0.0833. The van der Waals surface area contributed by atoms with Gasteiger partial charge in [0.2, 0.25) is 0 Å². The third-order valence-corrected chi connectivity index (χ3v) is 4.84. The van der Waals surface area contributed by atoms with E-state index < -0.39 is 11.8 Å². The number of carbonyl (C=O) groups is 1. The van der Waals surface area contributed by atoms with Crippen LogP contribution in [0, 0.1) is 5.82 Å². The van der Waals surface area contributed by atoms with Crippen molar-refractivity contribution < 1.29 is 13.9 Å². The molecule has 1 aromatic heterocycles. The molecule has 0 aliphatic carbocycles. The summed E-state index contributed by atoms with van der Waals surface area (Å²) in [6.07, 6.45) is 0. The maximum absolute atomic E-state index is 13.8. The number of carbonyl (C=O) groups excluding carboxylic acids is 1. The molecule has 0 saturated heterocycles. The Hall–Kier alpha value is -3.64. The normalized spacial score (nSPS) is 10.7. The molecule has 1 heterocycles. The molecule has 0 aliphatic heterocycles. The zero-order chi connectivity index (χ0) is 21.8. The standard InChI is InChI=1S/C24H19ClFN3O2/c1-2-31-23-14-22(15-7-9-16(25)10-8-15)28-20-12-11-17(13-18(20)23)27-24(30)29-21-6-4-3-5-19(21)26/h3-14H,2H2,1H3,(H2,27,29,30). The van der Waals surface area contributed by atoms with Crippen LogP contribution in [0.15, 0.2) is 72.8 Å². The molecule has 4 aromatic rings. The number of amides is 2. The van der Waals surface area contributed by atoms with E-state index in [2.05, 4.69) is 10.6 Å². The number of nitrogens with zero attached hydrogens (tertiary/aromatic N) is 1. The van der Waals surface area contributed by atoms with Gasteiger partial charge in [-0.1, -0.05) is 35.9 Å². The monoisotopic (exact) mass is 435 g/mol. The summed E-state index contributed by atoms with van der Waals surface area (Å²) in [5.74, 6) is 0.143. The van der Waals surface area contributed by atoms with Gasteiger partial charge in [-0.3, -0.25) is 0 Å². The topological polar surface area (TPSA) is 63.2 Å². The summed E-state index contributed by atoms with van der Waals surface area (Å²) in [5.41, 5.74) is 3.02. The first-order valence-corrected chi connectivity index (χ1v) is 10.1. The molecule has 156 valence electrons. The SMILES string of the molecule is CCOc1cc(-c2ccc(Cl)cc2)nc2ccc(NC(=O)Nc3ccccc3F)cc12. The highest BCUT2D eigenvalue weighted by Crippen LogP contribution is 2.32. The number of ether oxygens (including phenoxy) is 1. The lowest BCUT2D eigenvalue weighted by Gasteiger charge is -2.13. The molecule has 0 fully saturated rings. The molecule has 0 spiro atoms. The highest BCUT2D eigenvalue weighted by Gasteiger charge is 2.12. The summed E-state index contributed by atoms with van der Waals surface area (Å²) in [5, 5.41) is 6.62. The summed E-state index contributed by atoms with van der Waals surface area (Å²) < 4.78 is 19.6. The first-order valence-electron chi connectivity index (χ1n) is 9.69. The minimum atomic E-state index is -0.548. The van der Waals surface area contributed by atoms with Crippen molar-refractivity contribution in [2.75, 3.05) is 17.2 Å². The Kier molecular flexibility index (Phi) is 6.00. The summed E-state index contributed by atoms with van der Waals surface area (Å²) in [6, 6.07) is 20.0. The zero-order valence-corrected chi connectivity index (χ0v) is 17.4. The summed E-state index contributed by atoms with van der Waals surface area (Å²) in [6.45, 7) is 2.38. The number of fused-ring (bicyclic) bond motifs is 1. The van der Waals surface area contributed by atoms with Crippen LogP contribution < -0.4 is 15.4 Å². The number of aromatic nitrogens is 1. The van der Waals surface area contributed by atoms with Crippen molar-refractivity contribution in [1.82, 2.24) is 4.98 Å². The van der Waals surface area contributed by atoms with Gasteiger partial charge < -0.3 is 15.4 Å². The molecule has 0 atom stereocenters. The number of rotatable bonds is 5. The average Bonchev–Trinajstić information content (AvgIpc) is 2.76. The van der Waals surface area contributed by atoms with Gasteiger partial charge in [-0.05, 0) is 49.4 Å². The van der Waals surface area contributed by atoms with Crippen LogP contribution in [0.5, 0.6) is 5.75 Å². The fourth-order valence-corrected chi connectivity index (χ4v) is 3.29. The molecular weight excluding hydrogens is 417 g/mol. The van der Waals surface area contributed by atoms with Crippen LogP contribution in [0.1, 0.15) is 6.92 Å². The van der Waals surface area contributed by atoms with Crippen LogP contribution >= 0.6 is 11.6 Å². The Labute approximate surface area is 183 Å². The van der Waals surface area contributed by atoms with Crippen LogP contribution in [0.25, 0.3) is 22.2 Å². The van der Waals surface area contributed by atoms with E-state index in [9.17, 15) is 9.18 Å². The third kappa shape index (κ3) is 4.75. The Bertz CT molecular complexity index is 1250. The van der Waals surface area contributed by atoms with E-state index in [4.69, 9.17) is 21.3 Å². The highest BCUT2D eigenvalue weighted by molar-refractivity contribution is 6.30. The molecule has 0 bridgehead atoms. The number of halogens is 2. The average molecular weight is 436 g/mol. The molecule has 0 radical (unpaired) electrons. The second kappa shape index (κ2) is 9.02. The van der Waals surface area contributed by atoms with E-state index in [1.807, 2.05) is 37.3 Å². The van der Waals surface area contributed by atoms with Gasteiger partial charge in [-0.2, -0.15) is 0 Å². The number of anilines is 2. The first kappa shape index (κ1) is 20.6. The van der Waals surface area contributed by atoms with E-state index in [1.165, 1.54) is 12.1 Å². The number of hydrogen-bond donors (Lipinski definition) is 2. The van der Waals surface area contributed by atoms with E-state index in [0.29, 0.717) is 23.1 Å². The van der Waals surface area contributed by atoms with Crippen LogP contribution in [-0.2, 0) is 0 Å². The Morgan fingerprint density at radius 2 is 1.81 bits per heavy atom. The summed E-state index contributed by atoms with van der Waals surface area (Å²) in [4.78, 5) is 17.0. The molecule has 4 rings (SSSR count). The van der Waals surface area contributed by atoms with Crippen LogP contribution in [0.4, 0.5) is 20.6 Å². The maximum atomic E-state index is 13.8. The zero-order valence-electron chi connectivity index (χ0n) is 16.7. The predicted molar refractivity (Wildman–Crippen MR) is 122 cm³/mol. The van der Waals surface area contributed by atoms with E-state index >= 15 is 0 Å². The fourth-order valence-electron chi connectivity index (χ4n) is 3.16. The molecule has 0 saturated carbocycles. The van der Waals surface area contributed by atoms with Gasteiger partial charge in [-0.15, -0.1) is 0 Å². The van der Waals surface area contributed by atoms with Crippen molar-refractivity contribution in [2.24, 2.45) is 0 Å². The molecule has 2 amide bonds. The van der Waals surface area contributed by atoms with Crippen molar-refractivity contribution in [3.05, 3.63) is 83.6 Å².